The molecular formula is C61H54Cl4N10O8. The number of rotatable bonds is 17. The molecule has 2 N–H and O–H groups in total. The average molecular weight is 1200 g/mol. The van der Waals surface area contributed by atoms with Crippen molar-refractivity contribution in [2.45, 2.75) is 85.5 Å². The Kier molecular flexibility index (Phi) is 16.6. The van der Waals surface area contributed by atoms with E-state index in [-0.39, 0.29) is 67.0 Å². The highest BCUT2D eigenvalue weighted by molar-refractivity contribution is 6.39. The van der Waals surface area contributed by atoms with Crippen LogP contribution in [0.5, 0.6) is 0 Å². The molecule has 1 fully saturated rings. The highest BCUT2D eigenvalue weighted by Gasteiger charge is 2.41. The quantitative estimate of drug-likeness (QED) is 0.0515. The van der Waals surface area contributed by atoms with Crippen LogP contribution in [0.1, 0.15) is 74.4 Å². The summed E-state index contributed by atoms with van der Waals surface area (Å²) in [6.45, 7) is 13.8. The number of nitrogens with two attached hydrogens (primary N) is 1. The molecule has 6 aromatic carbocycles. The molecular weight excluding hydrogens is 1140 g/mol. The summed E-state index contributed by atoms with van der Waals surface area (Å²) in [4.78, 5) is 64.9. The van der Waals surface area contributed by atoms with Gasteiger partial charge < -0.3 is 15.2 Å². The number of nitrogens with zero attached hydrogens (tertiary/aromatic N) is 9. The second-order valence-corrected chi connectivity index (χ2v) is 21.9. The minimum absolute atomic E-state index is 0.0113. The van der Waals surface area contributed by atoms with Crippen molar-refractivity contribution < 1.29 is 14.4 Å². The summed E-state index contributed by atoms with van der Waals surface area (Å²) in [6, 6.07) is 35.2. The molecule has 1 saturated carbocycles. The van der Waals surface area contributed by atoms with Crippen LogP contribution >= 0.6 is 46.4 Å². The van der Waals surface area contributed by atoms with Gasteiger partial charge in [0.15, 0.2) is 11.6 Å². The average Bonchev–Trinajstić information content (AvgIpc) is 4.27. The Labute approximate surface area is 494 Å². The molecule has 1 aliphatic rings. The molecule has 0 atom stereocenters. The van der Waals surface area contributed by atoms with Gasteiger partial charge in [-0.25, -0.2) is 9.59 Å². The van der Waals surface area contributed by atoms with Crippen LogP contribution < -0.4 is 28.2 Å². The molecule has 0 aliphatic heterocycles. The lowest BCUT2D eigenvalue weighted by Crippen LogP contribution is -2.25. The Bertz CT molecular complexity index is 4400. The highest BCUT2D eigenvalue weighted by Crippen LogP contribution is 2.50. The van der Waals surface area contributed by atoms with Gasteiger partial charge in [-0.2, -0.15) is 9.36 Å². The number of non-ortho nitro benzene ring substituents is 1. The van der Waals surface area contributed by atoms with Crippen molar-refractivity contribution >= 4 is 84.9 Å². The monoisotopic (exact) mass is 1190 g/mol. The van der Waals surface area contributed by atoms with E-state index in [1.54, 1.807) is 64.0 Å². The topological polar surface area (TPSA) is 211 Å². The van der Waals surface area contributed by atoms with E-state index in [1.165, 1.54) is 30.6 Å². The van der Waals surface area contributed by atoms with Gasteiger partial charge in [-0.1, -0.05) is 121 Å². The fraction of sp³-hybridized carbons (Fsp3) is 0.213. The molecule has 0 bridgehead atoms. The van der Waals surface area contributed by atoms with E-state index in [0.29, 0.717) is 93.4 Å². The number of nitrogen functional groups attached to an aromatic ring is 1. The van der Waals surface area contributed by atoms with E-state index in [2.05, 4.69) is 23.7 Å². The van der Waals surface area contributed by atoms with E-state index in [0.717, 1.165) is 29.5 Å². The number of fused-ring (bicyclic) bond motifs is 2. The van der Waals surface area contributed by atoms with Crippen molar-refractivity contribution in [2.24, 2.45) is 0 Å². The zero-order valence-corrected chi connectivity index (χ0v) is 48.5. The first-order valence-electron chi connectivity index (χ1n) is 26.4. The number of nitro groups is 1. The summed E-state index contributed by atoms with van der Waals surface area (Å²) in [5.41, 5.74) is 10.3. The smallest absolute Gasteiger partial charge is 0.350 e. The summed E-state index contributed by atoms with van der Waals surface area (Å²) in [7, 11) is 0. The maximum Gasteiger partial charge on any atom is 0.350 e. The molecule has 22 heteroatoms. The van der Waals surface area contributed by atoms with Crippen LogP contribution in [0.4, 0.5) is 11.4 Å². The molecule has 4 heterocycles. The van der Waals surface area contributed by atoms with Gasteiger partial charge in [0, 0.05) is 59.6 Å². The van der Waals surface area contributed by atoms with Gasteiger partial charge >= 0.3 is 11.4 Å². The number of nitro benzene ring substituents is 1. The molecule has 18 nitrogen and oxygen atoms in total. The number of benzene rings is 6. The molecule has 0 saturated heterocycles. The number of allylic oxidation sites excluding steroid dienone is 1. The Morgan fingerprint density at radius 1 is 0.627 bits per heavy atom. The van der Waals surface area contributed by atoms with Crippen LogP contribution in [0.2, 0.25) is 20.1 Å². The van der Waals surface area contributed by atoms with E-state index in [9.17, 15) is 29.3 Å². The number of halogens is 4. The van der Waals surface area contributed by atoms with Gasteiger partial charge in [-0.3, -0.25) is 38.0 Å². The van der Waals surface area contributed by atoms with E-state index in [4.69, 9.17) is 61.6 Å². The van der Waals surface area contributed by atoms with Gasteiger partial charge in [0.2, 0.25) is 0 Å². The molecule has 11 rings (SSSR count). The third-order valence-corrected chi connectivity index (χ3v) is 15.7. The van der Waals surface area contributed by atoms with E-state index in [1.807, 2.05) is 87.5 Å². The Hall–Kier alpha value is -8.36. The number of hydrogen-bond acceptors (Lipinski definition) is 11. The SMILES string of the molecule is C=C(C)c1cn(-c2c(Cl)cc(N)cc2Cl)c(=O)c2ccc(-n3nc(COCc4ccccc4)n(CC)c3=O)cc12.CCn1c(COCc2ccccc2)nn(-c2ccc3c(=O)n(-c4c(Cl)cc([N+](=O)[O-])cc4Cl)cc(C4(C)CC4)c3c2)c1=O. The molecule has 0 amide bonds. The molecule has 0 unspecified atom stereocenters. The first kappa shape index (κ1) is 57.9. The number of ether oxygens (including phenoxy) is 2. The highest BCUT2D eigenvalue weighted by atomic mass is 35.5. The molecule has 424 valence electrons. The van der Waals surface area contributed by atoms with Crippen molar-refractivity contribution in [1.82, 2.24) is 37.8 Å². The van der Waals surface area contributed by atoms with Crippen molar-refractivity contribution in [3.05, 3.63) is 246 Å². The molecule has 10 aromatic rings. The Morgan fingerprint density at radius 3 is 1.49 bits per heavy atom. The summed E-state index contributed by atoms with van der Waals surface area (Å²) in [5.74, 6) is 1.00. The zero-order valence-electron chi connectivity index (χ0n) is 45.4. The van der Waals surface area contributed by atoms with Crippen LogP contribution in [0.15, 0.2) is 159 Å². The fourth-order valence-electron chi connectivity index (χ4n) is 9.96. The van der Waals surface area contributed by atoms with Crippen LogP contribution in [0, 0.1) is 10.1 Å². The predicted octanol–water partition coefficient (Wildman–Crippen LogP) is 12.3. The number of aromatic nitrogens is 8. The summed E-state index contributed by atoms with van der Waals surface area (Å²) < 4.78 is 20.3. The summed E-state index contributed by atoms with van der Waals surface area (Å²) in [6.07, 6.45) is 5.16. The Balaban J connectivity index is 0.000000186. The summed E-state index contributed by atoms with van der Waals surface area (Å²) >= 11 is 25.8. The van der Waals surface area contributed by atoms with E-state index >= 15 is 0 Å². The second-order valence-electron chi connectivity index (χ2n) is 20.3. The van der Waals surface area contributed by atoms with Gasteiger partial charge in [-0.15, -0.1) is 10.2 Å². The molecule has 4 aromatic heterocycles. The zero-order chi connectivity index (χ0) is 59.0. The number of hydrogen-bond donors (Lipinski definition) is 1. The maximum absolute atomic E-state index is 13.8. The first-order chi connectivity index (χ1) is 39.8. The van der Waals surface area contributed by atoms with Crippen molar-refractivity contribution in [1.29, 1.82) is 0 Å². The van der Waals surface area contributed by atoms with Crippen LogP contribution in [0.3, 0.4) is 0 Å². The summed E-state index contributed by atoms with van der Waals surface area (Å²) in [5, 5.41) is 23.0. The fourth-order valence-corrected chi connectivity index (χ4v) is 11.3. The minimum atomic E-state index is -0.592. The minimum Gasteiger partial charge on any atom is -0.399 e. The normalized spacial score (nSPS) is 12.6. The largest absolute Gasteiger partial charge is 0.399 e. The predicted molar refractivity (Wildman–Crippen MR) is 325 cm³/mol. The third kappa shape index (κ3) is 11.6. The third-order valence-electron chi connectivity index (χ3n) is 14.5. The molecule has 83 heavy (non-hydrogen) atoms. The lowest BCUT2D eigenvalue weighted by molar-refractivity contribution is -0.384. The lowest BCUT2D eigenvalue weighted by atomic mass is 9.94. The standard InChI is InChI=1S/C31H27Cl2N5O5.C30H27Cl2N5O3/c1-3-35-27(18-43-17-19-7-5-4-6-8-19)34-37(30(35)40)20-9-10-22-23(13-20)24(31(2)11-12-31)16-36(29(22)39)28-25(32)14-21(38(41)42)15-26(28)33;1-4-35-27(17-40-16-19-8-6-5-7-9-19)34-37(30(35)39)21-10-11-22-23(14-21)24(18(2)3)15-36(29(22)38)28-25(31)12-20(33)13-26(28)32/h4-10,13-16H,3,11-12,17-18H2,1-2H3;5-15H,2,4,16-17,33H2,1,3H3. The van der Waals surface area contributed by atoms with Gasteiger partial charge in [-0.05, 0) is 121 Å². The molecule has 0 spiro atoms. The van der Waals surface area contributed by atoms with Crippen molar-refractivity contribution in [3.8, 4) is 22.7 Å². The number of anilines is 1. The molecule has 0 radical (unpaired) electrons. The van der Waals surface area contributed by atoms with Crippen LogP contribution in [-0.2, 0) is 54.4 Å². The van der Waals surface area contributed by atoms with Gasteiger partial charge in [0.25, 0.3) is 16.8 Å². The number of pyridine rings is 2. The second kappa shape index (κ2) is 23.9. The van der Waals surface area contributed by atoms with E-state index < -0.39 is 10.5 Å². The van der Waals surface area contributed by atoms with Crippen molar-refractivity contribution in [2.75, 3.05) is 5.73 Å². The van der Waals surface area contributed by atoms with Crippen LogP contribution in [-0.4, -0.2) is 42.8 Å². The lowest BCUT2D eigenvalue weighted by Gasteiger charge is -2.18. The maximum atomic E-state index is 13.8. The van der Waals surface area contributed by atoms with Gasteiger partial charge in [0.1, 0.15) is 13.2 Å². The Morgan fingerprint density at radius 2 is 1.06 bits per heavy atom. The van der Waals surface area contributed by atoms with Gasteiger partial charge in [0.05, 0.1) is 61.0 Å². The van der Waals surface area contributed by atoms with Crippen molar-refractivity contribution in [3.63, 3.8) is 0 Å². The first-order valence-corrected chi connectivity index (χ1v) is 27.9. The van der Waals surface area contributed by atoms with Crippen LogP contribution in [0.25, 0.3) is 49.9 Å². The molecule has 1 aliphatic carbocycles.